The van der Waals surface area contributed by atoms with Crippen LogP contribution in [0, 0.1) is 0 Å². The van der Waals surface area contributed by atoms with Crippen LogP contribution >= 0.6 is 0 Å². The minimum atomic E-state index is -4.76. The third kappa shape index (κ3) is 7.86. The molecule has 0 saturated carbocycles. The van der Waals surface area contributed by atoms with Crippen molar-refractivity contribution in [2.75, 3.05) is 32.7 Å². The van der Waals surface area contributed by atoms with Crippen LogP contribution in [-0.2, 0) is 16.1 Å². The smallest absolute Gasteiger partial charge is 0.445 e. The van der Waals surface area contributed by atoms with E-state index in [1.54, 1.807) is 11.0 Å². The molecule has 1 aliphatic rings. The van der Waals surface area contributed by atoms with E-state index in [9.17, 15) is 22.8 Å². The normalized spacial score (nSPS) is 15.4. The Morgan fingerprint density at radius 2 is 1.89 bits per heavy atom. The van der Waals surface area contributed by atoms with Crippen molar-refractivity contribution >= 4 is 12.4 Å². The summed E-state index contributed by atoms with van der Waals surface area (Å²) in [5.74, 6) is -0.350. The van der Waals surface area contributed by atoms with Crippen LogP contribution in [0.4, 0.5) is 18.0 Å². The number of amides is 1. The molecular formula is C18H22F3N2O4. The third-order valence-electron chi connectivity index (χ3n) is 4.13. The zero-order chi connectivity index (χ0) is 19.7. The molecule has 1 heterocycles. The molecule has 2 rings (SSSR count). The van der Waals surface area contributed by atoms with Gasteiger partial charge in [-0.1, -0.05) is 12.1 Å². The van der Waals surface area contributed by atoms with Crippen LogP contribution in [0.1, 0.15) is 24.8 Å². The van der Waals surface area contributed by atoms with Gasteiger partial charge >= 0.3 is 12.5 Å². The van der Waals surface area contributed by atoms with Gasteiger partial charge in [-0.3, -0.25) is 9.69 Å². The number of carbonyl (C=O) groups excluding carboxylic acids is 2. The van der Waals surface area contributed by atoms with Gasteiger partial charge in [0, 0.05) is 32.6 Å². The van der Waals surface area contributed by atoms with Gasteiger partial charge in [-0.2, -0.15) is 0 Å². The number of benzene rings is 1. The molecule has 0 aromatic heterocycles. The van der Waals surface area contributed by atoms with Crippen LogP contribution in [-0.4, -0.2) is 61.3 Å². The van der Waals surface area contributed by atoms with Gasteiger partial charge in [0.15, 0.2) is 6.29 Å². The fraction of sp³-hybridized carbons (Fsp3) is 0.556. The lowest BCUT2D eigenvalue weighted by Crippen LogP contribution is -2.48. The van der Waals surface area contributed by atoms with Crippen molar-refractivity contribution in [1.82, 2.24) is 9.80 Å². The Balaban J connectivity index is 1.72. The molecule has 27 heavy (non-hydrogen) atoms. The van der Waals surface area contributed by atoms with E-state index in [0.717, 1.165) is 32.5 Å². The van der Waals surface area contributed by atoms with E-state index in [-0.39, 0.29) is 12.4 Å². The van der Waals surface area contributed by atoms with Crippen molar-refractivity contribution in [2.24, 2.45) is 0 Å². The SMILES string of the molecule is O=[C]CCCCN1CCN(C(=O)OCc2cccc(OC(F)(F)F)c2)CC1. The summed E-state index contributed by atoms with van der Waals surface area (Å²) in [4.78, 5) is 26.1. The van der Waals surface area contributed by atoms with Crippen LogP contribution in [0.2, 0.25) is 0 Å². The van der Waals surface area contributed by atoms with Crippen molar-refractivity contribution < 1.29 is 32.2 Å². The molecule has 1 radical (unpaired) electrons. The highest BCUT2D eigenvalue weighted by atomic mass is 19.4. The lowest BCUT2D eigenvalue weighted by molar-refractivity contribution is -0.274. The fourth-order valence-corrected chi connectivity index (χ4v) is 2.76. The lowest BCUT2D eigenvalue weighted by Gasteiger charge is -2.34. The summed E-state index contributed by atoms with van der Waals surface area (Å²) in [5.41, 5.74) is 0.413. The van der Waals surface area contributed by atoms with E-state index >= 15 is 0 Å². The van der Waals surface area contributed by atoms with Gasteiger partial charge in [-0.05, 0) is 37.1 Å². The van der Waals surface area contributed by atoms with Crippen molar-refractivity contribution in [3.05, 3.63) is 29.8 Å². The predicted octanol–water partition coefficient (Wildman–Crippen LogP) is 3.12. The summed E-state index contributed by atoms with van der Waals surface area (Å²) < 4.78 is 45.8. The molecular weight excluding hydrogens is 365 g/mol. The van der Waals surface area contributed by atoms with E-state index in [0.29, 0.717) is 25.1 Å². The summed E-state index contributed by atoms with van der Waals surface area (Å²) in [5, 5.41) is 0. The van der Waals surface area contributed by atoms with Crippen LogP contribution in [0.5, 0.6) is 5.75 Å². The molecule has 1 saturated heterocycles. The first-order chi connectivity index (χ1) is 12.9. The Bertz CT molecular complexity index is 617. The number of hydrogen-bond acceptors (Lipinski definition) is 5. The van der Waals surface area contributed by atoms with E-state index in [1.165, 1.54) is 18.2 Å². The van der Waals surface area contributed by atoms with E-state index in [4.69, 9.17) is 4.74 Å². The van der Waals surface area contributed by atoms with Gasteiger partial charge in [-0.15, -0.1) is 13.2 Å². The summed E-state index contributed by atoms with van der Waals surface area (Å²) in [6.45, 7) is 3.22. The molecule has 0 unspecified atom stereocenters. The van der Waals surface area contributed by atoms with Crippen LogP contribution in [0.3, 0.4) is 0 Å². The number of nitrogens with zero attached hydrogens (tertiary/aromatic N) is 2. The minimum absolute atomic E-state index is 0.129. The molecule has 0 aliphatic carbocycles. The van der Waals surface area contributed by atoms with Gasteiger partial charge in [0.25, 0.3) is 0 Å². The number of rotatable bonds is 8. The highest BCUT2D eigenvalue weighted by molar-refractivity contribution is 5.67. The van der Waals surface area contributed by atoms with E-state index in [2.05, 4.69) is 9.64 Å². The molecule has 149 valence electrons. The lowest BCUT2D eigenvalue weighted by atomic mass is 10.2. The molecule has 1 aromatic rings. The highest BCUT2D eigenvalue weighted by Crippen LogP contribution is 2.23. The molecule has 0 N–H and O–H groups in total. The topological polar surface area (TPSA) is 59.1 Å². The maximum Gasteiger partial charge on any atom is 0.573 e. The van der Waals surface area contributed by atoms with Crippen molar-refractivity contribution in [2.45, 2.75) is 32.2 Å². The third-order valence-corrected chi connectivity index (χ3v) is 4.13. The van der Waals surface area contributed by atoms with Crippen molar-refractivity contribution in [1.29, 1.82) is 0 Å². The number of ether oxygens (including phenoxy) is 2. The molecule has 1 aliphatic heterocycles. The Morgan fingerprint density at radius 3 is 2.56 bits per heavy atom. The van der Waals surface area contributed by atoms with Gasteiger partial charge in [0.1, 0.15) is 12.4 Å². The molecule has 0 bridgehead atoms. The van der Waals surface area contributed by atoms with Gasteiger partial charge in [0.2, 0.25) is 0 Å². The second kappa shape index (κ2) is 10.1. The number of carbonyl (C=O) groups is 1. The average molecular weight is 387 g/mol. The first kappa shape index (κ1) is 21.0. The first-order valence-electron chi connectivity index (χ1n) is 8.71. The average Bonchev–Trinajstić information content (AvgIpc) is 2.63. The van der Waals surface area contributed by atoms with Gasteiger partial charge in [0.05, 0.1) is 0 Å². The number of hydrogen-bond donors (Lipinski definition) is 0. The predicted molar refractivity (Wildman–Crippen MR) is 90.9 cm³/mol. The highest BCUT2D eigenvalue weighted by Gasteiger charge is 2.31. The number of piperazine rings is 1. The standard InChI is InChI=1S/C18H22F3N2O4/c19-18(20,21)27-16-6-4-5-15(13-16)14-26-17(25)23-10-8-22(9-11-23)7-2-1-3-12-24/h4-6,13H,1-3,7-11,14H2. The Labute approximate surface area is 155 Å². The summed E-state index contributed by atoms with van der Waals surface area (Å²) in [6, 6.07) is 5.34. The van der Waals surface area contributed by atoms with E-state index in [1.807, 2.05) is 6.29 Å². The maximum atomic E-state index is 12.2. The maximum absolute atomic E-state index is 12.2. The van der Waals surface area contributed by atoms with Gasteiger partial charge < -0.3 is 14.4 Å². The molecule has 1 fully saturated rings. The Morgan fingerprint density at radius 1 is 1.15 bits per heavy atom. The number of alkyl halides is 3. The van der Waals surface area contributed by atoms with E-state index < -0.39 is 12.5 Å². The molecule has 6 nitrogen and oxygen atoms in total. The van der Waals surface area contributed by atoms with Crippen molar-refractivity contribution in [3.63, 3.8) is 0 Å². The Hall–Kier alpha value is -2.29. The summed E-state index contributed by atoms with van der Waals surface area (Å²) in [7, 11) is 0. The molecule has 1 amide bonds. The molecule has 1 aromatic carbocycles. The summed E-state index contributed by atoms with van der Waals surface area (Å²) >= 11 is 0. The zero-order valence-electron chi connectivity index (χ0n) is 14.8. The van der Waals surface area contributed by atoms with Crippen LogP contribution in [0.25, 0.3) is 0 Å². The van der Waals surface area contributed by atoms with Crippen LogP contribution in [0.15, 0.2) is 24.3 Å². The van der Waals surface area contributed by atoms with Crippen LogP contribution < -0.4 is 4.74 Å². The molecule has 9 heteroatoms. The Kier molecular flexibility index (Phi) is 7.90. The molecule has 0 atom stereocenters. The molecule has 0 spiro atoms. The largest absolute Gasteiger partial charge is 0.573 e. The number of halogens is 3. The van der Waals surface area contributed by atoms with Crippen molar-refractivity contribution in [3.8, 4) is 5.75 Å². The fourth-order valence-electron chi connectivity index (χ4n) is 2.76. The number of unbranched alkanes of at least 4 members (excludes halogenated alkanes) is 2. The summed E-state index contributed by atoms with van der Waals surface area (Å²) in [6.07, 6.45) is -1.22. The monoisotopic (exact) mass is 387 g/mol. The quantitative estimate of drug-likeness (QED) is 0.642. The second-order valence-electron chi connectivity index (χ2n) is 6.18. The van der Waals surface area contributed by atoms with Gasteiger partial charge in [-0.25, -0.2) is 4.79 Å². The second-order valence-corrected chi connectivity index (χ2v) is 6.18. The minimum Gasteiger partial charge on any atom is -0.445 e. The zero-order valence-corrected chi connectivity index (χ0v) is 14.8. The first-order valence-corrected chi connectivity index (χ1v) is 8.71.